The van der Waals surface area contributed by atoms with E-state index < -0.39 is 21.3 Å². The van der Waals surface area contributed by atoms with Crippen LogP contribution in [0.3, 0.4) is 0 Å². The van der Waals surface area contributed by atoms with Crippen LogP contribution in [0.15, 0.2) is 42.5 Å². The Hall–Kier alpha value is -0.287. The molecular weight excluding hydrogens is 283 g/mol. The van der Waals surface area contributed by atoms with Crippen molar-refractivity contribution in [3.63, 3.8) is 0 Å². The van der Waals surface area contributed by atoms with E-state index in [4.69, 9.17) is 0 Å². The first-order valence-corrected chi connectivity index (χ1v) is 10.3. The monoisotopic (exact) mass is 304 g/mol. The van der Waals surface area contributed by atoms with Crippen LogP contribution in [0.2, 0.25) is 0 Å². The van der Waals surface area contributed by atoms with E-state index in [9.17, 15) is 0 Å². The fourth-order valence-corrected chi connectivity index (χ4v) is 10.3. The van der Waals surface area contributed by atoms with Crippen LogP contribution in [0, 0.1) is 0 Å². The fourth-order valence-electron chi connectivity index (χ4n) is 2.77. The Balaban J connectivity index is 2.36. The molecule has 0 unspecified atom stereocenters. The second kappa shape index (κ2) is 6.05. The van der Waals surface area contributed by atoms with E-state index >= 15 is 0 Å². The number of hydrogen-bond acceptors (Lipinski definition) is 0. The predicted octanol–water partition coefficient (Wildman–Crippen LogP) is 4.67. The molecule has 0 nitrogen and oxygen atoms in total. The van der Waals surface area contributed by atoms with Gasteiger partial charge in [-0.2, -0.15) is 0 Å². The molecule has 2 aliphatic rings. The van der Waals surface area contributed by atoms with Crippen LogP contribution in [0.5, 0.6) is 0 Å². The van der Waals surface area contributed by atoms with Gasteiger partial charge in [-0.25, -0.2) is 0 Å². The van der Waals surface area contributed by atoms with Gasteiger partial charge in [0.05, 0.1) is 0 Å². The minimum atomic E-state index is -1.62. The minimum absolute atomic E-state index is 1.23. The van der Waals surface area contributed by atoms with Crippen molar-refractivity contribution in [3.8, 4) is 0 Å². The summed E-state index contributed by atoms with van der Waals surface area (Å²) in [7, 11) is 0. The summed E-state index contributed by atoms with van der Waals surface area (Å²) in [6.07, 6.45) is 16.8. The molecule has 90 valence electrons. The van der Waals surface area contributed by atoms with Gasteiger partial charge in [0.2, 0.25) is 0 Å². The van der Waals surface area contributed by atoms with Crippen molar-refractivity contribution in [2.24, 2.45) is 0 Å². The Morgan fingerprint density at radius 1 is 1.24 bits per heavy atom. The molecule has 0 aliphatic heterocycles. The van der Waals surface area contributed by atoms with Gasteiger partial charge in [0.1, 0.15) is 0 Å². The van der Waals surface area contributed by atoms with Gasteiger partial charge < -0.3 is 0 Å². The maximum atomic E-state index is 2.40. The molecule has 0 aromatic rings. The Morgan fingerprint density at radius 2 is 2.06 bits per heavy atom. The summed E-state index contributed by atoms with van der Waals surface area (Å²) in [5.41, 5.74) is 1.68. The van der Waals surface area contributed by atoms with Crippen LogP contribution < -0.4 is 0 Å². The molecule has 0 aromatic heterocycles. The molecule has 2 aliphatic carbocycles. The SMILES string of the molecule is CCCC1=[C]([Zr]([C]2=CC=CC2)=[C](C)C)CC=C1. The normalized spacial score (nSPS) is 17.9. The topological polar surface area (TPSA) is 0 Å². The van der Waals surface area contributed by atoms with E-state index in [0.29, 0.717) is 0 Å². The standard InChI is InChI=1S/C8H11.C5H5.C3H6.Zr/c1-2-5-8-6-3-4-7-8;1-2-4-5-3-1;1-3-2;/h3,6H,2,4-5H2,1H3;1-3H,4H2;1-2H3;. The van der Waals surface area contributed by atoms with Gasteiger partial charge in [0.15, 0.2) is 0 Å². The molecule has 0 fully saturated rings. The number of hydrogen-bond donors (Lipinski definition) is 0. The molecule has 0 radical (unpaired) electrons. The average Bonchev–Trinajstić information content (AvgIpc) is 2.92. The Labute approximate surface area is 113 Å². The Kier molecular flexibility index (Phi) is 4.68. The van der Waals surface area contributed by atoms with Gasteiger partial charge in [0, 0.05) is 0 Å². The third-order valence-electron chi connectivity index (χ3n) is 3.44. The third-order valence-corrected chi connectivity index (χ3v) is 11.2. The van der Waals surface area contributed by atoms with Crippen LogP contribution in [-0.2, 0) is 21.3 Å². The molecule has 0 bridgehead atoms. The van der Waals surface area contributed by atoms with Gasteiger partial charge in [-0.3, -0.25) is 0 Å². The molecule has 0 heterocycles. The molecule has 0 amide bonds. The predicted molar refractivity (Wildman–Crippen MR) is 73.9 cm³/mol. The molecule has 2 rings (SSSR count). The van der Waals surface area contributed by atoms with E-state index in [1.807, 2.05) is 3.28 Å². The molecule has 0 N–H and O–H groups in total. The van der Waals surface area contributed by atoms with Gasteiger partial charge in [-0.05, 0) is 0 Å². The van der Waals surface area contributed by atoms with Gasteiger partial charge in [-0.15, -0.1) is 0 Å². The van der Waals surface area contributed by atoms with E-state index in [2.05, 4.69) is 51.2 Å². The zero-order valence-electron chi connectivity index (χ0n) is 11.2. The summed E-state index contributed by atoms with van der Waals surface area (Å²) in [6.45, 7) is 7.02. The molecule has 17 heavy (non-hydrogen) atoms. The average molecular weight is 306 g/mol. The molecule has 0 saturated heterocycles. The second-order valence-electron chi connectivity index (χ2n) is 5.06. The summed E-state index contributed by atoms with van der Waals surface area (Å²) in [6, 6.07) is 0. The van der Waals surface area contributed by atoms with Gasteiger partial charge in [0.25, 0.3) is 0 Å². The van der Waals surface area contributed by atoms with E-state index in [1.54, 1.807) is 12.1 Å². The first-order chi connectivity index (χ1) is 8.24. The first-order valence-electron chi connectivity index (χ1n) is 6.66. The van der Waals surface area contributed by atoms with Crippen molar-refractivity contribution < 1.29 is 21.3 Å². The number of rotatable bonds is 4. The first kappa shape index (κ1) is 13.2. The third kappa shape index (κ3) is 2.94. The molecular formula is C16H22Zr. The quantitative estimate of drug-likeness (QED) is 0.708. The van der Waals surface area contributed by atoms with Gasteiger partial charge in [-0.1, -0.05) is 0 Å². The number of allylic oxidation sites excluding steroid dienone is 8. The molecule has 1 heteroatoms. The van der Waals surface area contributed by atoms with Crippen LogP contribution in [0.25, 0.3) is 0 Å². The van der Waals surface area contributed by atoms with E-state index in [1.165, 1.54) is 25.7 Å². The fraction of sp³-hybridized carbons (Fsp3) is 0.438. The Morgan fingerprint density at radius 3 is 2.65 bits per heavy atom. The Bertz CT molecular complexity index is 452. The molecule has 0 atom stereocenters. The van der Waals surface area contributed by atoms with Crippen LogP contribution in [0.4, 0.5) is 0 Å². The van der Waals surface area contributed by atoms with Crippen molar-refractivity contribution in [2.75, 3.05) is 0 Å². The molecule has 0 saturated carbocycles. The summed E-state index contributed by atoms with van der Waals surface area (Å²) >= 11 is -1.62. The van der Waals surface area contributed by atoms with Crippen molar-refractivity contribution in [3.05, 3.63) is 42.5 Å². The van der Waals surface area contributed by atoms with Crippen molar-refractivity contribution >= 4 is 3.21 Å². The van der Waals surface area contributed by atoms with Crippen LogP contribution in [0.1, 0.15) is 46.5 Å². The van der Waals surface area contributed by atoms with Gasteiger partial charge >= 0.3 is 113 Å². The van der Waals surface area contributed by atoms with Crippen molar-refractivity contribution in [1.82, 2.24) is 0 Å². The van der Waals surface area contributed by atoms with Crippen molar-refractivity contribution in [2.45, 2.75) is 46.5 Å². The maximum absolute atomic E-state index is 2.40. The van der Waals surface area contributed by atoms with Crippen LogP contribution in [-0.4, -0.2) is 3.21 Å². The van der Waals surface area contributed by atoms with Crippen molar-refractivity contribution in [1.29, 1.82) is 0 Å². The summed E-state index contributed by atoms with van der Waals surface area (Å²) in [4.78, 5) is 0. The summed E-state index contributed by atoms with van der Waals surface area (Å²) < 4.78 is 5.36. The summed E-state index contributed by atoms with van der Waals surface area (Å²) in [5, 5.41) is 0. The molecule has 0 aromatic carbocycles. The zero-order valence-corrected chi connectivity index (χ0v) is 13.7. The van der Waals surface area contributed by atoms with Crippen LogP contribution >= 0.6 is 0 Å². The second-order valence-corrected chi connectivity index (χ2v) is 12.4. The summed E-state index contributed by atoms with van der Waals surface area (Å²) in [5.74, 6) is 0. The molecule has 0 spiro atoms. The van der Waals surface area contributed by atoms with E-state index in [-0.39, 0.29) is 0 Å². The zero-order chi connectivity index (χ0) is 12.3. The van der Waals surface area contributed by atoms with E-state index in [0.717, 1.165) is 0 Å².